The van der Waals surface area contributed by atoms with Gasteiger partial charge in [-0.15, -0.1) is 0 Å². The molecule has 0 aromatic heterocycles. The summed E-state index contributed by atoms with van der Waals surface area (Å²) >= 11 is 1.66. The molecule has 1 aliphatic carbocycles. The largest absolute Gasteiger partial charge is 0.321 e. The molecule has 1 aliphatic rings. The number of hydrogen-bond donors (Lipinski definition) is 1. The number of para-hydroxylation sites is 1. The molecule has 1 amide bonds. The van der Waals surface area contributed by atoms with Crippen molar-refractivity contribution in [1.29, 1.82) is 0 Å². The van der Waals surface area contributed by atoms with Gasteiger partial charge in [0.1, 0.15) is 0 Å². The van der Waals surface area contributed by atoms with Gasteiger partial charge in [0.05, 0.1) is 5.69 Å². The fraction of sp³-hybridized carbons (Fsp3) is 0.174. The van der Waals surface area contributed by atoms with Crippen LogP contribution < -0.4 is 5.32 Å². The van der Waals surface area contributed by atoms with E-state index in [0.717, 1.165) is 33.9 Å². The summed E-state index contributed by atoms with van der Waals surface area (Å²) in [6, 6.07) is 24.3. The number of anilines is 1. The highest BCUT2D eigenvalue weighted by molar-refractivity contribution is 7.99. The minimum Gasteiger partial charge on any atom is -0.321 e. The lowest BCUT2D eigenvalue weighted by atomic mass is 9.90. The number of hydrogen-bond acceptors (Lipinski definition) is 2. The first-order chi connectivity index (χ1) is 12.8. The van der Waals surface area contributed by atoms with E-state index in [2.05, 4.69) is 29.6 Å². The minimum atomic E-state index is -0.0421. The van der Waals surface area contributed by atoms with Crippen molar-refractivity contribution in [3.63, 3.8) is 0 Å². The summed E-state index contributed by atoms with van der Waals surface area (Å²) in [4.78, 5) is 15.0. The third kappa shape index (κ3) is 3.83. The molecule has 0 spiro atoms. The molecule has 0 fully saturated rings. The van der Waals surface area contributed by atoms with Gasteiger partial charge in [0, 0.05) is 15.4 Å². The van der Waals surface area contributed by atoms with E-state index in [4.69, 9.17) is 0 Å². The average Bonchev–Trinajstić information content (AvgIpc) is 2.70. The van der Waals surface area contributed by atoms with E-state index in [1.807, 2.05) is 48.5 Å². The molecule has 1 N–H and O–H groups in total. The molecule has 0 aliphatic heterocycles. The first kappa shape index (κ1) is 16.9. The average molecular weight is 359 g/mol. The number of fused-ring (bicyclic) bond motifs is 1. The van der Waals surface area contributed by atoms with Crippen LogP contribution in [0.1, 0.15) is 34.3 Å². The molecule has 3 heteroatoms. The summed E-state index contributed by atoms with van der Waals surface area (Å²) in [5.74, 6) is -0.0421. The van der Waals surface area contributed by atoms with Crippen LogP contribution in [0.25, 0.3) is 0 Å². The molecule has 2 nitrogen and oxygen atoms in total. The van der Waals surface area contributed by atoms with Gasteiger partial charge in [0.25, 0.3) is 5.91 Å². The predicted molar refractivity (Wildman–Crippen MR) is 108 cm³/mol. The summed E-state index contributed by atoms with van der Waals surface area (Å²) in [5.41, 5.74) is 4.32. The third-order valence-corrected chi connectivity index (χ3v) is 5.80. The first-order valence-corrected chi connectivity index (χ1v) is 9.86. The highest BCUT2D eigenvalue weighted by Crippen LogP contribution is 2.33. The standard InChI is InChI=1S/C23H21NOS/c25-23(19-15-14-17-8-4-5-9-18(17)16-19)24-21-12-6-7-13-22(21)26-20-10-2-1-3-11-20/h1-3,6-7,10-16H,4-5,8-9H2,(H,24,25). The van der Waals surface area contributed by atoms with Gasteiger partial charge in [0.2, 0.25) is 0 Å². The summed E-state index contributed by atoms with van der Waals surface area (Å²) < 4.78 is 0. The lowest BCUT2D eigenvalue weighted by molar-refractivity contribution is 0.102. The van der Waals surface area contributed by atoms with Gasteiger partial charge < -0.3 is 5.32 Å². The summed E-state index contributed by atoms with van der Waals surface area (Å²) in [7, 11) is 0. The number of rotatable bonds is 4. The van der Waals surface area contributed by atoms with Gasteiger partial charge in [0.15, 0.2) is 0 Å². The van der Waals surface area contributed by atoms with Crippen LogP contribution in [-0.2, 0) is 12.8 Å². The quantitative estimate of drug-likeness (QED) is 0.622. The Bertz CT molecular complexity index is 921. The maximum atomic E-state index is 12.8. The first-order valence-electron chi connectivity index (χ1n) is 9.05. The molecule has 4 rings (SSSR count). The number of carbonyl (C=O) groups is 1. The van der Waals surface area contributed by atoms with Crippen molar-refractivity contribution in [2.24, 2.45) is 0 Å². The van der Waals surface area contributed by atoms with Crippen molar-refractivity contribution in [1.82, 2.24) is 0 Å². The zero-order valence-electron chi connectivity index (χ0n) is 14.6. The zero-order chi connectivity index (χ0) is 17.8. The molecule has 0 heterocycles. The number of carbonyl (C=O) groups excluding carboxylic acids is 1. The van der Waals surface area contributed by atoms with Crippen LogP contribution in [0, 0.1) is 0 Å². The minimum absolute atomic E-state index is 0.0421. The lowest BCUT2D eigenvalue weighted by Gasteiger charge is -2.17. The van der Waals surface area contributed by atoms with E-state index < -0.39 is 0 Å². The second kappa shape index (κ2) is 7.79. The van der Waals surface area contributed by atoms with Gasteiger partial charge in [-0.25, -0.2) is 0 Å². The molecule has 0 saturated heterocycles. The number of aryl methyl sites for hydroxylation is 2. The van der Waals surface area contributed by atoms with E-state index >= 15 is 0 Å². The fourth-order valence-electron chi connectivity index (χ4n) is 3.34. The van der Waals surface area contributed by atoms with Crippen molar-refractivity contribution in [2.45, 2.75) is 35.5 Å². The Morgan fingerprint density at radius 2 is 1.54 bits per heavy atom. The molecule has 0 unspecified atom stereocenters. The fourth-order valence-corrected chi connectivity index (χ4v) is 4.27. The molecule has 0 atom stereocenters. The molecular weight excluding hydrogens is 338 g/mol. The van der Waals surface area contributed by atoms with E-state index in [0.29, 0.717) is 0 Å². The summed E-state index contributed by atoms with van der Waals surface area (Å²) in [6.45, 7) is 0. The Morgan fingerprint density at radius 1 is 0.808 bits per heavy atom. The van der Waals surface area contributed by atoms with Crippen molar-refractivity contribution in [3.05, 3.63) is 89.5 Å². The van der Waals surface area contributed by atoms with Gasteiger partial charge in [-0.05, 0) is 73.2 Å². The SMILES string of the molecule is O=C(Nc1ccccc1Sc1ccccc1)c1ccc2c(c1)CCCC2. The lowest BCUT2D eigenvalue weighted by Crippen LogP contribution is -2.14. The Balaban J connectivity index is 1.55. The van der Waals surface area contributed by atoms with Crippen LogP contribution in [-0.4, -0.2) is 5.91 Å². The van der Waals surface area contributed by atoms with Crippen LogP contribution in [0.2, 0.25) is 0 Å². The normalized spacial score (nSPS) is 13.1. The van der Waals surface area contributed by atoms with Gasteiger partial charge >= 0.3 is 0 Å². The van der Waals surface area contributed by atoms with Crippen molar-refractivity contribution in [2.75, 3.05) is 5.32 Å². The zero-order valence-corrected chi connectivity index (χ0v) is 15.4. The van der Waals surface area contributed by atoms with Gasteiger partial charge in [-0.3, -0.25) is 4.79 Å². The van der Waals surface area contributed by atoms with Crippen LogP contribution in [0.4, 0.5) is 5.69 Å². The van der Waals surface area contributed by atoms with E-state index in [9.17, 15) is 4.79 Å². The van der Waals surface area contributed by atoms with E-state index in [-0.39, 0.29) is 5.91 Å². The van der Waals surface area contributed by atoms with Crippen molar-refractivity contribution < 1.29 is 4.79 Å². The maximum absolute atomic E-state index is 12.8. The molecule has 0 saturated carbocycles. The third-order valence-electron chi connectivity index (χ3n) is 4.72. The molecule has 3 aromatic carbocycles. The van der Waals surface area contributed by atoms with Crippen LogP contribution in [0.15, 0.2) is 82.6 Å². The second-order valence-electron chi connectivity index (χ2n) is 6.56. The van der Waals surface area contributed by atoms with Gasteiger partial charge in [-0.1, -0.05) is 48.2 Å². The Hall–Kier alpha value is -2.52. The molecule has 0 bridgehead atoms. The maximum Gasteiger partial charge on any atom is 0.255 e. The molecule has 26 heavy (non-hydrogen) atoms. The van der Waals surface area contributed by atoms with Crippen molar-refractivity contribution >= 4 is 23.4 Å². The highest BCUT2D eigenvalue weighted by atomic mass is 32.2. The molecular formula is C23H21NOS. The van der Waals surface area contributed by atoms with Crippen LogP contribution in [0.3, 0.4) is 0 Å². The monoisotopic (exact) mass is 359 g/mol. The number of nitrogens with one attached hydrogen (secondary N) is 1. The smallest absolute Gasteiger partial charge is 0.255 e. The van der Waals surface area contributed by atoms with Gasteiger partial charge in [-0.2, -0.15) is 0 Å². The number of amides is 1. The summed E-state index contributed by atoms with van der Waals surface area (Å²) in [5, 5.41) is 3.09. The van der Waals surface area contributed by atoms with Crippen molar-refractivity contribution in [3.8, 4) is 0 Å². The summed E-state index contributed by atoms with van der Waals surface area (Å²) in [6.07, 6.45) is 4.68. The molecule has 0 radical (unpaired) electrons. The highest BCUT2D eigenvalue weighted by Gasteiger charge is 2.14. The molecule has 130 valence electrons. The topological polar surface area (TPSA) is 29.1 Å². The van der Waals surface area contributed by atoms with Crippen LogP contribution in [0.5, 0.6) is 0 Å². The van der Waals surface area contributed by atoms with E-state index in [1.165, 1.54) is 24.0 Å². The van der Waals surface area contributed by atoms with E-state index in [1.54, 1.807) is 11.8 Å². The Morgan fingerprint density at radius 3 is 2.38 bits per heavy atom. The number of benzene rings is 3. The second-order valence-corrected chi connectivity index (χ2v) is 7.67. The molecule has 3 aromatic rings. The van der Waals surface area contributed by atoms with Crippen LogP contribution >= 0.6 is 11.8 Å². The Kier molecular flexibility index (Phi) is 5.07. The predicted octanol–water partition coefficient (Wildman–Crippen LogP) is 5.97. The Labute approximate surface area is 158 Å².